The molecule has 124 heavy (non-hydrogen) atoms. The van der Waals surface area contributed by atoms with Crippen LogP contribution in [0.1, 0.15) is 122 Å². The van der Waals surface area contributed by atoms with E-state index in [2.05, 4.69) is 118 Å². The Hall–Kier alpha value is -14.2. The Balaban J connectivity index is 0.000000129. The highest BCUT2D eigenvalue weighted by Crippen LogP contribution is 2.41. The minimum absolute atomic E-state index is 0.157. The fourth-order valence-electron chi connectivity index (χ4n) is 16.7. The third-order valence-corrected chi connectivity index (χ3v) is 23.6. The van der Waals surface area contributed by atoms with Gasteiger partial charge in [-0.15, -0.1) is 0 Å². The fraction of sp³-hybridized carbons (Fsp3) is 0.224. The molecule has 12 heterocycles. The molecule has 9 aromatic heterocycles. The van der Waals surface area contributed by atoms with Crippen LogP contribution in [0.2, 0.25) is 0 Å². The minimum atomic E-state index is -0.503. The molecule has 1 aliphatic carbocycles. The van der Waals surface area contributed by atoms with Crippen molar-refractivity contribution in [1.29, 1.82) is 0 Å². The maximum atomic E-state index is 15.9. The highest BCUT2D eigenvalue weighted by molar-refractivity contribution is 6.64. The number of aromatic amines is 3. The number of amides is 2. The van der Waals surface area contributed by atoms with Crippen molar-refractivity contribution >= 4 is 84.8 Å². The van der Waals surface area contributed by atoms with Crippen LogP contribution in [0.3, 0.4) is 0 Å². The van der Waals surface area contributed by atoms with Crippen molar-refractivity contribution in [3.63, 3.8) is 0 Å². The fourth-order valence-corrected chi connectivity index (χ4v) is 16.9. The van der Waals surface area contributed by atoms with E-state index in [-0.39, 0.29) is 46.2 Å². The molecule has 0 saturated heterocycles. The molecule has 20 rings (SSSR count). The van der Waals surface area contributed by atoms with Gasteiger partial charge in [0, 0.05) is 187 Å². The van der Waals surface area contributed by atoms with Crippen molar-refractivity contribution in [2.24, 2.45) is 5.92 Å². The first-order valence-corrected chi connectivity index (χ1v) is 42.1. The molecule has 626 valence electrons. The van der Waals surface area contributed by atoms with Crippen molar-refractivity contribution in [3.05, 3.63) is 305 Å². The standard InChI is InChI=1S/C36H33FN6O.C36H32FN5O2.C22H21FN6O.C4H5ClO/c1-38-36(44)30-21-40-35(42(22-24-10-4-2-5-11-24)23-25-12-6-3-7-13-25)33-29(30)19-32(41-33)28-16-15-26(18-31(28)37)34-39-20-27-14-8-9-17-43(27)34;1-44-36(43)30-21-39-35(41(22-24-10-4-2-5-11-24)23-25-12-6-3-7-13-25)33-29(30)19-32(40-33)28-16-15-26(18-31(28)37)34-38-20-27-14-8-9-17-42(27)34;1-25-22(30)16-11-26-20(24)19-15(16)9-18(28-19)14-6-5-12(8-17(14)23)21-27-10-13-4-2-3-7-29(13)21;5-4(6)3-1-2-3/h2-7,10-13,15-16,18-21,41H,8-9,14,17,22-23H2,1H3,(H,38,44);2-7,10-13,15-16,18-21,40H,8-9,14,17,22-23H2,1H3;5-6,8-11,28H,2-4,7H2,1H3,(H2,24,26)(H,25,30);3H,1-2H2. The minimum Gasteiger partial charge on any atom is -0.465 e. The zero-order valence-corrected chi connectivity index (χ0v) is 69.6. The number of aryl methyl sites for hydroxylation is 3. The topological polar surface area (TPSA) is 274 Å². The van der Waals surface area contributed by atoms with Gasteiger partial charge in [0.15, 0.2) is 11.6 Å². The van der Waals surface area contributed by atoms with Crippen LogP contribution in [0.4, 0.5) is 30.6 Å². The SMILES string of the molecule is CNC(=O)c1cnc(N(Cc2ccccc2)Cc2ccccc2)c2[nH]c(-c3ccc(-c4ncc5n4CCCC5)cc3F)cc12.CNC(=O)c1cnc(N)c2[nH]c(-c3ccc(-c4ncc5n4CCCC5)cc3F)cc12.COC(=O)c1cnc(N(Cc2ccccc2)Cc2ccccc2)c2[nH]c(-c3ccc(-c4ncc5n4CCCC5)cc3F)cc12.O=C(Cl)C1CC1. The van der Waals surface area contributed by atoms with E-state index in [1.165, 1.54) is 36.5 Å². The van der Waals surface area contributed by atoms with Crippen molar-refractivity contribution in [3.8, 4) is 67.9 Å². The molecular formula is C98H91ClF3N17O5. The van der Waals surface area contributed by atoms with E-state index in [0.29, 0.717) is 121 Å². The molecule has 4 aliphatic rings. The number of hydrogen-bond donors (Lipinski definition) is 6. The van der Waals surface area contributed by atoms with Crippen LogP contribution in [0, 0.1) is 23.4 Å². The number of nitrogens with one attached hydrogen (secondary N) is 5. The van der Waals surface area contributed by atoms with Gasteiger partial charge in [-0.2, -0.15) is 0 Å². The summed E-state index contributed by atoms with van der Waals surface area (Å²) < 4.78 is 58.5. The van der Waals surface area contributed by atoms with Crippen LogP contribution in [0.5, 0.6) is 0 Å². The second-order valence-corrected chi connectivity index (χ2v) is 31.8. The summed E-state index contributed by atoms with van der Waals surface area (Å²) in [5.41, 5.74) is 22.1. The van der Waals surface area contributed by atoms with E-state index in [0.717, 1.165) is 147 Å². The molecule has 1 fully saturated rings. The molecule has 1 saturated carbocycles. The lowest BCUT2D eigenvalue weighted by molar-refractivity contribution is -0.112. The Labute approximate surface area is 718 Å². The summed E-state index contributed by atoms with van der Waals surface area (Å²) in [5, 5.41) is 7.05. The number of imidazole rings is 3. The lowest BCUT2D eigenvalue weighted by atomic mass is 10.1. The number of H-pyrrole nitrogens is 3. The number of rotatable bonds is 20. The van der Waals surface area contributed by atoms with Crippen LogP contribution in [-0.2, 0) is 74.6 Å². The number of pyridine rings is 3. The molecule has 26 heteroatoms. The molecule has 7 aromatic carbocycles. The number of nitrogens with two attached hydrogens (primary N) is 1. The Morgan fingerprint density at radius 2 is 0.766 bits per heavy atom. The number of benzene rings is 7. The summed E-state index contributed by atoms with van der Waals surface area (Å²) in [5.74, 6) is 2.07. The maximum absolute atomic E-state index is 15.9. The van der Waals surface area contributed by atoms with Crippen LogP contribution in [-0.4, -0.2) is 103 Å². The van der Waals surface area contributed by atoms with Crippen LogP contribution in [0.25, 0.3) is 101 Å². The highest BCUT2D eigenvalue weighted by atomic mass is 35.5. The number of fused-ring (bicyclic) bond motifs is 6. The van der Waals surface area contributed by atoms with Gasteiger partial charge in [0.25, 0.3) is 11.8 Å². The van der Waals surface area contributed by atoms with E-state index >= 15 is 13.2 Å². The molecule has 0 spiro atoms. The smallest absolute Gasteiger partial charge is 0.340 e. The molecule has 7 N–H and O–H groups in total. The number of hydrogen-bond acceptors (Lipinski definition) is 14. The van der Waals surface area contributed by atoms with E-state index in [1.807, 2.05) is 122 Å². The molecule has 2 amide bonds. The number of halogens is 4. The largest absolute Gasteiger partial charge is 0.465 e. The Kier molecular flexibility index (Phi) is 24.3. The molecular weight excluding hydrogens is 1590 g/mol. The van der Waals surface area contributed by atoms with E-state index in [1.54, 1.807) is 62.9 Å². The Morgan fingerprint density at radius 3 is 1.09 bits per heavy atom. The van der Waals surface area contributed by atoms with Crippen LogP contribution in [0.15, 0.2) is 231 Å². The third-order valence-electron chi connectivity index (χ3n) is 23.3. The molecule has 22 nitrogen and oxygen atoms in total. The van der Waals surface area contributed by atoms with E-state index in [9.17, 15) is 19.2 Å². The maximum Gasteiger partial charge on any atom is 0.340 e. The Bertz CT molecular complexity index is 6250. The highest BCUT2D eigenvalue weighted by Gasteiger charge is 2.30. The first-order chi connectivity index (χ1) is 60.5. The third kappa shape index (κ3) is 17.5. The summed E-state index contributed by atoms with van der Waals surface area (Å²) in [6.07, 6.45) is 22.1. The van der Waals surface area contributed by atoms with Crippen molar-refractivity contribution in [1.82, 2.24) is 69.2 Å². The number of aromatic nitrogens is 12. The van der Waals surface area contributed by atoms with Gasteiger partial charge in [0.2, 0.25) is 5.24 Å². The number of anilines is 3. The Morgan fingerprint density at radius 1 is 0.435 bits per heavy atom. The average Bonchev–Trinajstić information content (AvgIpc) is 1.60. The monoisotopic (exact) mass is 1680 g/mol. The lowest BCUT2D eigenvalue weighted by Crippen LogP contribution is -2.24. The van der Waals surface area contributed by atoms with E-state index in [4.69, 9.17) is 32.0 Å². The van der Waals surface area contributed by atoms with Gasteiger partial charge in [0.05, 0.1) is 40.4 Å². The van der Waals surface area contributed by atoms with Gasteiger partial charge in [-0.05, 0) is 159 Å². The van der Waals surface area contributed by atoms with Crippen molar-refractivity contribution in [2.75, 3.05) is 36.7 Å². The normalized spacial score (nSPS) is 13.2. The van der Waals surface area contributed by atoms with Crippen molar-refractivity contribution < 1.29 is 37.1 Å². The first-order valence-electron chi connectivity index (χ1n) is 41.8. The second kappa shape index (κ2) is 36.6. The number of carbonyl (C=O) groups is 4. The number of nitrogen functional groups attached to an aromatic ring is 1. The van der Waals surface area contributed by atoms with Crippen LogP contribution < -0.4 is 26.2 Å². The lowest BCUT2D eigenvalue weighted by Gasteiger charge is -2.25. The van der Waals surface area contributed by atoms with Gasteiger partial charge in [-0.3, -0.25) is 14.4 Å². The predicted molar refractivity (Wildman–Crippen MR) is 479 cm³/mol. The summed E-state index contributed by atoms with van der Waals surface area (Å²) in [4.78, 5) is 89.6. The molecule has 0 atom stereocenters. The number of nitrogens with zero attached hydrogens (tertiary/aromatic N) is 11. The molecule has 16 aromatic rings. The number of methoxy groups -OCH3 is 1. The van der Waals surface area contributed by atoms with Gasteiger partial charge in [-0.1, -0.05) is 140 Å². The van der Waals surface area contributed by atoms with Crippen LogP contribution >= 0.6 is 11.6 Å². The zero-order valence-electron chi connectivity index (χ0n) is 68.8. The van der Waals surface area contributed by atoms with Gasteiger partial charge in [0.1, 0.15) is 40.7 Å². The number of ether oxygens (including phenoxy) is 1. The summed E-state index contributed by atoms with van der Waals surface area (Å²) >= 11 is 5.04. The second-order valence-electron chi connectivity index (χ2n) is 31.5. The molecule has 0 bridgehead atoms. The number of carbonyl (C=O) groups excluding carboxylic acids is 4. The molecule has 0 radical (unpaired) electrons. The zero-order chi connectivity index (χ0) is 85.5. The molecule has 3 aliphatic heterocycles. The first kappa shape index (κ1) is 82.1. The summed E-state index contributed by atoms with van der Waals surface area (Å²) in [6.45, 7) is 5.07. The van der Waals surface area contributed by atoms with Crippen molar-refractivity contribution in [2.45, 2.75) is 116 Å². The van der Waals surface area contributed by atoms with Gasteiger partial charge < -0.3 is 59.6 Å². The average molecular weight is 1680 g/mol. The summed E-state index contributed by atoms with van der Waals surface area (Å²) in [6, 6.07) is 61.7. The van der Waals surface area contributed by atoms with Gasteiger partial charge in [-0.25, -0.2) is 47.9 Å². The predicted octanol–water partition coefficient (Wildman–Crippen LogP) is 19.4. The molecule has 0 unspecified atom stereocenters. The quantitative estimate of drug-likeness (QED) is 0.0306. The number of esters is 1. The summed E-state index contributed by atoms with van der Waals surface area (Å²) in [7, 11) is 4.49. The van der Waals surface area contributed by atoms with E-state index < -0.39 is 5.97 Å². The van der Waals surface area contributed by atoms with Gasteiger partial charge >= 0.3 is 5.97 Å².